The first-order valence-corrected chi connectivity index (χ1v) is 13.6. The summed E-state index contributed by atoms with van der Waals surface area (Å²) in [5.74, 6) is 0. The minimum atomic E-state index is 0.929. The number of aromatic nitrogens is 4. The molecule has 0 atom stereocenters. The molecule has 4 heterocycles. The van der Waals surface area contributed by atoms with E-state index in [0.717, 1.165) is 51.5 Å². The van der Waals surface area contributed by atoms with E-state index in [1.807, 2.05) is 0 Å². The first-order chi connectivity index (χ1) is 14.5. The maximum absolute atomic E-state index is 4.68. The van der Waals surface area contributed by atoms with Gasteiger partial charge in [-0.25, -0.2) is 0 Å². The monoisotopic (exact) mass is 592 g/mol. The molecule has 0 saturated carbocycles. The Bertz CT molecular complexity index is 1450. The zero-order chi connectivity index (χ0) is 20.6. The first-order valence-electron chi connectivity index (χ1n) is 8.88. The first kappa shape index (κ1) is 19.4. The second-order valence-electron chi connectivity index (χ2n) is 7.00. The van der Waals surface area contributed by atoms with Gasteiger partial charge in [0.05, 0.1) is 31.0 Å². The Kier molecular flexibility index (Phi) is 4.60. The van der Waals surface area contributed by atoms with Crippen LogP contribution in [0.2, 0.25) is 0 Å². The zero-order valence-corrected chi connectivity index (χ0v) is 21.9. The van der Waals surface area contributed by atoms with Crippen LogP contribution in [-0.2, 0) is 0 Å². The van der Waals surface area contributed by atoms with Crippen molar-refractivity contribution in [1.29, 1.82) is 0 Å². The van der Waals surface area contributed by atoms with E-state index >= 15 is 0 Å². The minimum Gasteiger partial charge on any atom is -0.172 e. The molecule has 0 fully saturated rings. The van der Waals surface area contributed by atoms with Crippen LogP contribution in [0.4, 0.5) is 0 Å². The van der Waals surface area contributed by atoms with E-state index in [4.69, 9.17) is 0 Å². The fourth-order valence-electron chi connectivity index (χ4n) is 3.62. The number of rotatable bonds is 2. The van der Waals surface area contributed by atoms with Gasteiger partial charge in [-0.15, -0.1) is 22.7 Å². The highest BCUT2D eigenvalue weighted by Crippen LogP contribution is 2.45. The summed E-state index contributed by atoms with van der Waals surface area (Å²) in [6.07, 6.45) is 0. The Balaban J connectivity index is 1.74. The summed E-state index contributed by atoms with van der Waals surface area (Å²) >= 11 is 13.3. The summed E-state index contributed by atoms with van der Waals surface area (Å²) in [6, 6.07) is 8.82. The highest BCUT2D eigenvalue weighted by molar-refractivity contribution is 9.11. The molecule has 0 aliphatic rings. The third-order valence-corrected chi connectivity index (χ3v) is 10.5. The molecule has 4 aromatic heterocycles. The summed E-state index contributed by atoms with van der Waals surface area (Å²) in [5.41, 5.74) is 8.39. The molecule has 30 heavy (non-hydrogen) atoms. The molecule has 0 bridgehead atoms. The van der Waals surface area contributed by atoms with Crippen molar-refractivity contribution in [1.82, 2.24) is 17.5 Å². The van der Waals surface area contributed by atoms with Crippen molar-refractivity contribution in [3.8, 4) is 20.9 Å². The van der Waals surface area contributed by atoms with Crippen molar-refractivity contribution in [3.05, 3.63) is 43.0 Å². The average Bonchev–Trinajstić information content (AvgIpc) is 3.49. The van der Waals surface area contributed by atoms with Crippen molar-refractivity contribution in [2.24, 2.45) is 0 Å². The highest BCUT2D eigenvalue weighted by Gasteiger charge is 2.21. The number of aryl methyl sites for hydroxylation is 2. The number of thiophene rings is 2. The van der Waals surface area contributed by atoms with E-state index in [9.17, 15) is 0 Å². The normalized spacial score (nSPS) is 12.0. The lowest BCUT2D eigenvalue weighted by Gasteiger charge is -2.07. The Morgan fingerprint density at radius 2 is 1.00 bits per heavy atom. The third kappa shape index (κ3) is 2.85. The number of hydrogen-bond donors (Lipinski definition) is 0. The molecule has 2 aromatic carbocycles. The average molecular weight is 594 g/mol. The molecular formula is C20H10Br2N4S4. The van der Waals surface area contributed by atoms with Gasteiger partial charge in [0, 0.05) is 31.7 Å². The van der Waals surface area contributed by atoms with Crippen LogP contribution in [0.3, 0.4) is 0 Å². The Morgan fingerprint density at radius 1 is 0.600 bits per heavy atom. The summed E-state index contributed by atoms with van der Waals surface area (Å²) < 4.78 is 21.0. The molecule has 148 valence electrons. The number of hydrogen-bond acceptors (Lipinski definition) is 8. The lowest BCUT2D eigenvalue weighted by atomic mass is 9.98. The number of fused-ring (bicyclic) bond motifs is 5. The summed E-state index contributed by atoms with van der Waals surface area (Å²) in [6.45, 7) is 4.22. The van der Waals surface area contributed by atoms with Crippen LogP contribution in [0.1, 0.15) is 11.1 Å². The van der Waals surface area contributed by atoms with Crippen LogP contribution in [0.5, 0.6) is 0 Å². The van der Waals surface area contributed by atoms with E-state index in [1.54, 1.807) is 22.7 Å². The van der Waals surface area contributed by atoms with E-state index in [1.165, 1.54) is 44.3 Å². The van der Waals surface area contributed by atoms with Crippen molar-refractivity contribution in [3.63, 3.8) is 0 Å². The van der Waals surface area contributed by atoms with Crippen molar-refractivity contribution in [2.75, 3.05) is 0 Å². The lowest BCUT2D eigenvalue weighted by Crippen LogP contribution is -1.86. The van der Waals surface area contributed by atoms with Crippen molar-refractivity contribution >= 4 is 111 Å². The quantitative estimate of drug-likeness (QED) is 0.202. The molecule has 4 nitrogen and oxygen atoms in total. The topological polar surface area (TPSA) is 51.6 Å². The van der Waals surface area contributed by atoms with Crippen LogP contribution in [0.25, 0.3) is 53.7 Å². The van der Waals surface area contributed by atoms with Gasteiger partial charge >= 0.3 is 0 Å². The lowest BCUT2D eigenvalue weighted by molar-refractivity contribution is 1.52. The van der Waals surface area contributed by atoms with Gasteiger partial charge in [0.1, 0.15) is 22.1 Å². The summed E-state index contributed by atoms with van der Waals surface area (Å²) in [7, 11) is 0. The molecule has 6 rings (SSSR count). The maximum atomic E-state index is 4.68. The Labute approximate surface area is 204 Å². The van der Waals surface area contributed by atoms with Crippen molar-refractivity contribution in [2.45, 2.75) is 13.8 Å². The van der Waals surface area contributed by atoms with Gasteiger partial charge in [0.2, 0.25) is 0 Å². The van der Waals surface area contributed by atoms with Gasteiger partial charge in [-0.3, -0.25) is 0 Å². The molecule has 0 amide bonds. The molecule has 0 saturated heterocycles. The highest BCUT2D eigenvalue weighted by atomic mass is 79.9. The molecule has 0 aliphatic heterocycles. The van der Waals surface area contributed by atoms with Gasteiger partial charge < -0.3 is 0 Å². The SMILES string of the molecule is Cc1cc(-c2cc3c(cc(-c4cc(C)c(Br)s4)c4nsnc43)c3nsnc23)sc1Br. The summed E-state index contributed by atoms with van der Waals surface area (Å²) in [5, 5.41) is 2.15. The van der Waals surface area contributed by atoms with Gasteiger partial charge in [0.15, 0.2) is 0 Å². The second-order valence-corrected chi connectivity index (χ2v) is 12.8. The molecule has 0 aliphatic carbocycles. The van der Waals surface area contributed by atoms with Crippen molar-refractivity contribution < 1.29 is 0 Å². The maximum Gasteiger partial charge on any atom is 0.114 e. The molecule has 0 spiro atoms. The van der Waals surface area contributed by atoms with Crippen LogP contribution < -0.4 is 0 Å². The molecule has 0 unspecified atom stereocenters. The third-order valence-electron chi connectivity index (χ3n) is 5.11. The smallest absolute Gasteiger partial charge is 0.114 e. The zero-order valence-electron chi connectivity index (χ0n) is 15.5. The fourth-order valence-corrected chi connectivity index (χ4v) is 7.87. The van der Waals surface area contributed by atoms with E-state index < -0.39 is 0 Å². The number of benzene rings is 2. The fraction of sp³-hybridized carbons (Fsp3) is 0.100. The molecular weight excluding hydrogens is 584 g/mol. The largest absolute Gasteiger partial charge is 0.172 e. The van der Waals surface area contributed by atoms with Crippen LogP contribution in [0, 0.1) is 13.8 Å². The van der Waals surface area contributed by atoms with Crippen LogP contribution >= 0.6 is 78.0 Å². The van der Waals surface area contributed by atoms with Gasteiger partial charge in [0.25, 0.3) is 0 Å². The van der Waals surface area contributed by atoms with Gasteiger partial charge in [-0.05, 0) is 81.1 Å². The van der Waals surface area contributed by atoms with Gasteiger partial charge in [-0.1, -0.05) is 0 Å². The van der Waals surface area contributed by atoms with E-state index in [2.05, 4.69) is 87.5 Å². The number of halogens is 2. The Hall–Kier alpha value is -1.30. The van der Waals surface area contributed by atoms with E-state index in [-0.39, 0.29) is 0 Å². The standard InChI is InChI=1S/C20H10Br2N4S4/c1-7-3-13(27-19(7)21)11-5-9-10(15-17(11)25-29-23-15)6-12(18-16(9)24-30-26-18)14-4-8(2)20(22)28-14/h3-6H,1-2H3. The minimum absolute atomic E-state index is 0.929. The summed E-state index contributed by atoms with van der Waals surface area (Å²) in [4.78, 5) is 2.36. The predicted octanol–water partition coefficient (Wildman–Crippen LogP) is 8.45. The second kappa shape index (κ2) is 7.11. The molecule has 0 radical (unpaired) electrons. The predicted molar refractivity (Wildman–Crippen MR) is 137 cm³/mol. The molecule has 6 aromatic rings. The van der Waals surface area contributed by atoms with Gasteiger partial charge in [-0.2, -0.15) is 17.5 Å². The van der Waals surface area contributed by atoms with E-state index in [0.29, 0.717) is 0 Å². The number of nitrogens with zero attached hydrogens (tertiary/aromatic N) is 4. The molecule has 0 N–H and O–H groups in total. The van der Waals surface area contributed by atoms with Crippen LogP contribution in [0.15, 0.2) is 31.8 Å². The van der Waals surface area contributed by atoms with Crippen LogP contribution in [-0.4, -0.2) is 17.5 Å². The molecule has 10 heteroatoms. The Morgan fingerprint density at radius 3 is 1.37 bits per heavy atom.